The van der Waals surface area contributed by atoms with Gasteiger partial charge in [0, 0.05) is 18.7 Å². The van der Waals surface area contributed by atoms with E-state index in [0.29, 0.717) is 5.69 Å². The van der Waals surface area contributed by atoms with Gasteiger partial charge in [-0.3, -0.25) is 9.59 Å². The van der Waals surface area contributed by atoms with E-state index in [-0.39, 0.29) is 17.9 Å². The summed E-state index contributed by atoms with van der Waals surface area (Å²) in [7, 11) is -4.03. The number of hydrogen-bond donors (Lipinski definition) is 2. The SMILES string of the molecule is Cc1ccc(S(=O)(=O)N2CC(O)CC2C(=O)OCC(=O)Nc2cccc(C)c2C)cc1C. The van der Waals surface area contributed by atoms with Gasteiger partial charge in [-0.05, 0) is 68.1 Å². The van der Waals surface area contributed by atoms with Gasteiger partial charge >= 0.3 is 5.97 Å². The number of amides is 1. The van der Waals surface area contributed by atoms with Crippen LogP contribution in [0.25, 0.3) is 0 Å². The minimum absolute atomic E-state index is 0.0418. The van der Waals surface area contributed by atoms with Crippen LogP contribution in [0.15, 0.2) is 41.3 Å². The third kappa shape index (κ3) is 5.01. The Morgan fingerprint density at radius 3 is 2.50 bits per heavy atom. The largest absolute Gasteiger partial charge is 0.454 e. The number of hydrogen-bond acceptors (Lipinski definition) is 6. The Labute approximate surface area is 188 Å². The zero-order valence-electron chi connectivity index (χ0n) is 18.6. The minimum Gasteiger partial charge on any atom is -0.454 e. The van der Waals surface area contributed by atoms with E-state index >= 15 is 0 Å². The van der Waals surface area contributed by atoms with Crippen LogP contribution >= 0.6 is 0 Å². The number of carbonyl (C=O) groups is 2. The van der Waals surface area contributed by atoms with Gasteiger partial charge in [0.2, 0.25) is 10.0 Å². The highest BCUT2D eigenvalue weighted by Gasteiger charge is 2.44. The van der Waals surface area contributed by atoms with Gasteiger partial charge in [0.25, 0.3) is 5.91 Å². The maximum atomic E-state index is 13.1. The van der Waals surface area contributed by atoms with Crippen molar-refractivity contribution in [3.63, 3.8) is 0 Å². The molecule has 1 saturated heterocycles. The second-order valence-electron chi connectivity index (χ2n) is 8.13. The molecule has 0 spiro atoms. The molecule has 2 N–H and O–H groups in total. The predicted octanol–water partition coefficient (Wildman–Crippen LogP) is 2.23. The summed E-state index contributed by atoms with van der Waals surface area (Å²) in [5.74, 6) is -1.40. The molecule has 0 aliphatic carbocycles. The number of nitrogens with one attached hydrogen (secondary N) is 1. The Morgan fingerprint density at radius 1 is 1.09 bits per heavy atom. The fraction of sp³-hybridized carbons (Fsp3) is 0.391. The molecule has 172 valence electrons. The lowest BCUT2D eigenvalue weighted by atomic mass is 10.1. The number of benzene rings is 2. The van der Waals surface area contributed by atoms with Crippen molar-refractivity contribution in [2.45, 2.75) is 51.2 Å². The van der Waals surface area contributed by atoms with E-state index in [1.165, 1.54) is 12.1 Å². The van der Waals surface area contributed by atoms with Crippen LogP contribution < -0.4 is 5.32 Å². The molecule has 0 saturated carbocycles. The van der Waals surface area contributed by atoms with Gasteiger partial charge in [0.15, 0.2) is 6.61 Å². The van der Waals surface area contributed by atoms with Gasteiger partial charge in [-0.2, -0.15) is 4.31 Å². The molecule has 0 radical (unpaired) electrons. The van der Waals surface area contributed by atoms with Crippen molar-refractivity contribution in [1.29, 1.82) is 0 Å². The van der Waals surface area contributed by atoms with Crippen LogP contribution in [0.4, 0.5) is 5.69 Å². The molecule has 1 fully saturated rings. The summed E-state index contributed by atoms with van der Waals surface area (Å²) >= 11 is 0. The Hall–Kier alpha value is -2.75. The van der Waals surface area contributed by atoms with Crippen molar-refractivity contribution in [1.82, 2.24) is 4.31 Å². The number of rotatable bonds is 6. The van der Waals surface area contributed by atoms with Crippen molar-refractivity contribution in [2.24, 2.45) is 0 Å². The lowest BCUT2D eigenvalue weighted by Crippen LogP contribution is -2.42. The third-order valence-electron chi connectivity index (χ3n) is 5.81. The summed E-state index contributed by atoms with van der Waals surface area (Å²) in [6.45, 7) is 6.68. The second-order valence-corrected chi connectivity index (χ2v) is 10.0. The highest BCUT2D eigenvalue weighted by atomic mass is 32.2. The molecule has 1 amide bonds. The Kier molecular flexibility index (Phi) is 7.02. The van der Waals surface area contributed by atoms with Crippen LogP contribution in [0.5, 0.6) is 0 Å². The summed E-state index contributed by atoms with van der Waals surface area (Å²) in [4.78, 5) is 25.0. The average molecular weight is 461 g/mol. The first-order valence-electron chi connectivity index (χ1n) is 10.3. The molecule has 8 nitrogen and oxygen atoms in total. The number of carbonyl (C=O) groups excluding carboxylic acids is 2. The molecule has 3 rings (SSSR count). The van der Waals surface area contributed by atoms with Crippen LogP contribution in [-0.2, 0) is 24.3 Å². The first-order valence-corrected chi connectivity index (χ1v) is 11.7. The van der Waals surface area contributed by atoms with Gasteiger partial charge in [-0.1, -0.05) is 18.2 Å². The van der Waals surface area contributed by atoms with E-state index in [1.807, 2.05) is 26.8 Å². The summed E-state index contributed by atoms with van der Waals surface area (Å²) in [6.07, 6.45) is -1.10. The van der Waals surface area contributed by atoms with E-state index in [2.05, 4.69) is 5.32 Å². The Bertz CT molecular complexity index is 1150. The van der Waals surface area contributed by atoms with Crippen LogP contribution in [0.2, 0.25) is 0 Å². The number of nitrogens with zero attached hydrogens (tertiary/aromatic N) is 1. The van der Waals surface area contributed by atoms with Crippen molar-refractivity contribution >= 4 is 27.6 Å². The van der Waals surface area contributed by atoms with Crippen LogP contribution in [0, 0.1) is 27.7 Å². The van der Waals surface area contributed by atoms with Gasteiger partial charge in [-0.25, -0.2) is 8.42 Å². The molecule has 1 aliphatic rings. The van der Waals surface area contributed by atoms with Gasteiger partial charge in [-0.15, -0.1) is 0 Å². The highest BCUT2D eigenvalue weighted by Crippen LogP contribution is 2.28. The summed E-state index contributed by atoms with van der Waals surface area (Å²) in [5.41, 5.74) is 4.26. The predicted molar refractivity (Wildman–Crippen MR) is 120 cm³/mol. The minimum atomic E-state index is -4.03. The number of aliphatic hydroxyl groups excluding tert-OH is 1. The maximum absolute atomic E-state index is 13.1. The number of aryl methyl sites for hydroxylation is 3. The molecule has 2 unspecified atom stereocenters. The molecule has 0 aromatic heterocycles. The molecular formula is C23H28N2O6S. The lowest BCUT2D eigenvalue weighted by Gasteiger charge is -2.22. The Balaban J connectivity index is 1.70. The highest BCUT2D eigenvalue weighted by molar-refractivity contribution is 7.89. The van der Waals surface area contributed by atoms with Gasteiger partial charge in [0.05, 0.1) is 11.0 Å². The average Bonchev–Trinajstić information content (AvgIpc) is 3.14. The summed E-state index contributed by atoms with van der Waals surface area (Å²) < 4.78 is 32.3. The number of aliphatic hydroxyl groups is 1. The second kappa shape index (κ2) is 9.40. The van der Waals surface area contributed by atoms with E-state index in [9.17, 15) is 23.1 Å². The molecule has 2 aromatic rings. The van der Waals surface area contributed by atoms with Crippen molar-refractivity contribution in [3.8, 4) is 0 Å². The monoisotopic (exact) mass is 460 g/mol. The van der Waals surface area contributed by atoms with E-state index in [1.54, 1.807) is 25.1 Å². The first-order chi connectivity index (χ1) is 15.0. The number of β-amino-alcohol motifs (C(OH)–C–C–N with tert-alkyl or cyclic N) is 1. The molecule has 0 bridgehead atoms. The Morgan fingerprint density at radius 2 is 1.81 bits per heavy atom. The fourth-order valence-electron chi connectivity index (χ4n) is 3.58. The summed E-state index contributed by atoms with van der Waals surface area (Å²) in [5, 5.41) is 12.8. The molecule has 2 aromatic carbocycles. The van der Waals surface area contributed by atoms with Crippen molar-refractivity contribution in [3.05, 3.63) is 58.7 Å². The van der Waals surface area contributed by atoms with Crippen LogP contribution in [0.3, 0.4) is 0 Å². The summed E-state index contributed by atoms with van der Waals surface area (Å²) in [6, 6.07) is 8.97. The van der Waals surface area contributed by atoms with Gasteiger partial charge < -0.3 is 15.2 Å². The first kappa shape index (κ1) is 23.9. The normalized spacial score (nSPS) is 19.0. The molecule has 9 heteroatoms. The van der Waals surface area contributed by atoms with E-state index in [0.717, 1.165) is 26.6 Å². The number of sulfonamides is 1. The molecule has 1 heterocycles. The topological polar surface area (TPSA) is 113 Å². The van der Waals surface area contributed by atoms with Crippen molar-refractivity contribution < 1.29 is 27.9 Å². The molecular weight excluding hydrogens is 432 g/mol. The zero-order chi connectivity index (χ0) is 23.6. The standard InChI is InChI=1S/C23H28N2O6S/c1-14-8-9-19(10-16(14)3)32(29,30)25-12-18(26)11-21(25)23(28)31-13-22(27)24-20-7-5-6-15(2)17(20)4/h5-10,18,21,26H,11-13H2,1-4H3,(H,24,27). The lowest BCUT2D eigenvalue weighted by molar-refractivity contribution is -0.150. The third-order valence-corrected chi connectivity index (χ3v) is 7.69. The molecule has 1 aliphatic heterocycles. The van der Waals surface area contributed by atoms with Crippen LogP contribution in [0.1, 0.15) is 28.7 Å². The van der Waals surface area contributed by atoms with E-state index < -0.39 is 40.7 Å². The number of ether oxygens (including phenoxy) is 1. The van der Waals surface area contributed by atoms with Crippen LogP contribution in [-0.4, -0.2) is 55.0 Å². The fourth-order valence-corrected chi connectivity index (χ4v) is 5.29. The number of anilines is 1. The zero-order valence-corrected chi connectivity index (χ0v) is 19.4. The quantitative estimate of drug-likeness (QED) is 0.639. The van der Waals surface area contributed by atoms with E-state index in [4.69, 9.17) is 4.74 Å². The number of esters is 1. The van der Waals surface area contributed by atoms with Crippen molar-refractivity contribution in [2.75, 3.05) is 18.5 Å². The maximum Gasteiger partial charge on any atom is 0.325 e. The van der Waals surface area contributed by atoms with Gasteiger partial charge in [0.1, 0.15) is 6.04 Å². The smallest absolute Gasteiger partial charge is 0.325 e. The molecule has 2 atom stereocenters. The molecule has 32 heavy (non-hydrogen) atoms.